The van der Waals surface area contributed by atoms with Gasteiger partial charge in [0.1, 0.15) is 0 Å². The summed E-state index contributed by atoms with van der Waals surface area (Å²) in [6.45, 7) is 11.5. The molecule has 1 saturated carbocycles. The van der Waals surface area contributed by atoms with E-state index in [0.717, 1.165) is 24.9 Å². The standard InChI is InChI=1S/C14H30N2/c1-11(2)9-15-13-7-5-6-8-14(13)16-10-12(3)4/h11-16H,5-10H2,1-4H3/t13-,14-/m1/s1. The van der Waals surface area contributed by atoms with Gasteiger partial charge in [-0.05, 0) is 37.8 Å². The molecule has 0 aliphatic heterocycles. The topological polar surface area (TPSA) is 24.1 Å². The fourth-order valence-electron chi connectivity index (χ4n) is 2.39. The molecule has 0 bridgehead atoms. The summed E-state index contributed by atoms with van der Waals surface area (Å²) < 4.78 is 0. The lowest BCUT2D eigenvalue weighted by atomic mass is 9.89. The Labute approximate surface area is 102 Å². The average molecular weight is 226 g/mol. The first-order chi connectivity index (χ1) is 7.59. The Morgan fingerprint density at radius 3 is 1.50 bits per heavy atom. The summed E-state index contributed by atoms with van der Waals surface area (Å²) in [7, 11) is 0. The van der Waals surface area contributed by atoms with Crippen molar-refractivity contribution in [3.05, 3.63) is 0 Å². The first-order valence-electron chi connectivity index (χ1n) is 7.06. The molecule has 0 aromatic heterocycles. The molecule has 0 spiro atoms. The Kier molecular flexibility index (Phi) is 6.37. The van der Waals surface area contributed by atoms with Crippen LogP contribution in [0.2, 0.25) is 0 Å². The van der Waals surface area contributed by atoms with Gasteiger partial charge in [0.15, 0.2) is 0 Å². The van der Waals surface area contributed by atoms with E-state index in [1.807, 2.05) is 0 Å². The maximum absolute atomic E-state index is 3.73. The first kappa shape index (κ1) is 14.0. The van der Waals surface area contributed by atoms with Gasteiger partial charge in [-0.15, -0.1) is 0 Å². The van der Waals surface area contributed by atoms with Crippen LogP contribution in [0, 0.1) is 11.8 Å². The van der Waals surface area contributed by atoms with Crippen molar-refractivity contribution in [1.82, 2.24) is 10.6 Å². The molecule has 1 rings (SSSR count). The average Bonchev–Trinajstić information content (AvgIpc) is 2.24. The van der Waals surface area contributed by atoms with Gasteiger partial charge in [-0.1, -0.05) is 40.5 Å². The van der Waals surface area contributed by atoms with Crippen molar-refractivity contribution in [3.8, 4) is 0 Å². The van der Waals surface area contributed by atoms with Crippen molar-refractivity contribution >= 4 is 0 Å². The minimum Gasteiger partial charge on any atom is -0.312 e. The smallest absolute Gasteiger partial charge is 0.0221 e. The molecule has 0 heterocycles. The Hall–Kier alpha value is -0.0800. The number of nitrogens with one attached hydrogen (secondary N) is 2. The van der Waals surface area contributed by atoms with Gasteiger partial charge in [0.2, 0.25) is 0 Å². The molecule has 2 atom stereocenters. The Morgan fingerprint density at radius 1 is 0.812 bits per heavy atom. The molecular formula is C14H30N2. The maximum atomic E-state index is 3.73. The van der Waals surface area contributed by atoms with Gasteiger partial charge >= 0.3 is 0 Å². The van der Waals surface area contributed by atoms with E-state index in [4.69, 9.17) is 0 Å². The van der Waals surface area contributed by atoms with Crippen LogP contribution < -0.4 is 10.6 Å². The Bertz CT molecular complexity index is 158. The summed E-state index contributed by atoms with van der Waals surface area (Å²) in [5.41, 5.74) is 0. The van der Waals surface area contributed by atoms with Crippen molar-refractivity contribution in [2.45, 2.75) is 65.5 Å². The second-order valence-corrected chi connectivity index (χ2v) is 6.10. The molecule has 1 fully saturated rings. The zero-order valence-corrected chi connectivity index (χ0v) is 11.6. The molecule has 1 aliphatic carbocycles. The summed E-state index contributed by atoms with van der Waals surface area (Å²) in [5.74, 6) is 1.51. The quantitative estimate of drug-likeness (QED) is 0.728. The SMILES string of the molecule is CC(C)CN[C@@H]1CCCC[C@H]1NCC(C)C. The first-order valence-corrected chi connectivity index (χ1v) is 7.06. The van der Waals surface area contributed by atoms with Crippen molar-refractivity contribution in [2.24, 2.45) is 11.8 Å². The molecule has 0 unspecified atom stereocenters. The second-order valence-electron chi connectivity index (χ2n) is 6.10. The fraction of sp³-hybridized carbons (Fsp3) is 1.00. The molecular weight excluding hydrogens is 196 g/mol. The number of hydrogen-bond donors (Lipinski definition) is 2. The highest BCUT2D eigenvalue weighted by Gasteiger charge is 2.24. The van der Waals surface area contributed by atoms with Gasteiger partial charge in [0, 0.05) is 12.1 Å². The predicted molar refractivity (Wildman–Crippen MR) is 71.7 cm³/mol. The molecule has 2 heteroatoms. The van der Waals surface area contributed by atoms with Gasteiger partial charge in [0.05, 0.1) is 0 Å². The van der Waals surface area contributed by atoms with Gasteiger partial charge in [-0.2, -0.15) is 0 Å². The van der Waals surface area contributed by atoms with Gasteiger partial charge < -0.3 is 10.6 Å². The van der Waals surface area contributed by atoms with Crippen LogP contribution in [0.5, 0.6) is 0 Å². The van der Waals surface area contributed by atoms with Crippen LogP contribution in [0.15, 0.2) is 0 Å². The zero-order chi connectivity index (χ0) is 12.0. The lowest BCUT2D eigenvalue weighted by molar-refractivity contribution is 0.270. The van der Waals surface area contributed by atoms with E-state index in [0.29, 0.717) is 12.1 Å². The zero-order valence-electron chi connectivity index (χ0n) is 11.6. The third-order valence-corrected chi connectivity index (χ3v) is 3.34. The predicted octanol–water partition coefficient (Wildman–Crippen LogP) is 2.79. The van der Waals surface area contributed by atoms with Gasteiger partial charge in [-0.25, -0.2) is 0 Å². The van der Waals surface area contributed by atoms with Crippen LogP contribution in [0.25, 0.3) is 0 Å². The molecule has 2 nitrogen and oxygen atoms in total. The summed E-state index contributed by atoms with van der Waals surface area (Å²) in [5, 5.41) is 7.46. The van der Waals surface area contributed by atoms with E-state index in [2.05, 4.69) is 38.3 Å². The van der Waals surface area contributed by atoms with E-state index < -0.39 is 0 Å². The summed E-state index contributed by atoms with van der Waals surface area (Å²) >= 11 is 0. The summed E-state index contributed by atoms with van der Waals surface area (Å²) in [6.07, 6.45) is 5.50. The van der Waals surface area contributed by atoms with E-state index >= 15 is 0 Å². The van der Waals surface area contributed by atoms with Crippen LogP contribution >= 0.6 is 0 Å². The van der Waals surface area contributed by atoms with Crippen molar-refractivity contribution in [2.75, 3.05) is 13.1 Å². The van der Waals surface area contributed by atoms with Crippen molar-refractivity contribution in [3.63, 3.8) is 0 Å². The molecule has 16 heavy (non-hydrogen) atoms. The third-order valence-electron chi connectivity index (χ3n) is 3.34. The normalized spacial score (nSPS) is 26.6. The molecule has 1 aliphatic rings. The molecule has 2 N–H and O–H groups in total. The largest absolute Gasteiger partial charge is 0.312 e. The highest BCUT2D eigenvalue weighted by molar-refractivity contribution is 4.86. The van der Waals surface area contributed by atoms with Crippen molar-refractivity contribution < 1.29 is 0 Å². The second kappa shape index (κ2) is 7.29. The highest BCUT2D eigenvalue weighted by Crippen LogP contribution is 2.19. The van der Waals surface area contributed by atoms with Crippen LogP contribution in [-0.4, -0.2) is 25.2 Å². The summed E-state index contributed by atoms with van der Waals surface area (Å²) in [4.78, 5) is 0. The number of hydrogen-bond acceptors (Lipinski definition) is 2. The minimum absolute atomic E-state index is 0.704. The van der Waals surface area contributed by atoms with Crippen LogP contribution in [0.3, 0.4) is 0 Å². The minimum atomic E-state index is 0.704. The van der Waals surface area contributed by atoms with E-state index in [9.17, 15) is 0 Å². The molecule has 0 radical (unpaired) electrons. The van der Waals surface area contributed by atoms with Crippen LogP contribution in [-0.2, 0) is 0 Å². The Morgan fingerprint density at radius 2 is 1.19 bits per heavy atom. The highest BCUT2D eigenvalue weighted by atomic mass is 15.0. The van der Waals surface area contributed by atoms with Gasteiger partial charge in [-0.3, -0.25) is 0 Å². The van der Waals surface area contributed by atoms with Crippen molar-refractivity contribution in [1.29, 1.82) is 0 Å². The molecule has 0 saturated heterocycles. The molecule has 0 aromatic carbocycles. The number of rotatable bonds is 6. The summed E-state index contributed by atoms with van der Waals surface area (Å²) in [6, 6.07) is 1.41. The maximum Gasteiger partial charge on any atom is 0.0221 e. The lowest BCUT2D eigenvalue weighted by Gasteiger charge is -2.34. The third kappa shape index (κ3) is 5.31. The van der Waals surface area contributed by atoms with E-state index in [1.165, 1.54) is 25.7 Å². The van der Waals surface area contributed by atoms with E-state index in [1.54, 1.807) is 0 Å². The molecule has 0 amide bonds. The monoisotopic (exact) mass is 226 g/mol. The van der Waals surface area contributed by atoms with Gasteiger partial charge in [0.25, 0.3) is 0 Å². The molecule has 96 valence electrons. The lowest BCUT2D eigenvalue weighted by Crippen LogP contribution is -2.51. The van der Waals surface area contributed by atoms with E-state index in [-0.39, 0.29) is 0 Å². The Balaban J connectivity index is 2.31. The van der Waals surface area contributed by atoms with Crippen LogP contribution in [0.1, 0.15) is 53.4 Å². The fourth-order valence-corrected chi connectivity index (χ4v) is 2.39. The van der Waals surface area contributed by atoms with Crippen LogP contribution in [0.4, 0.5) is 0 Å². The molecule has 0 aromatic rings.